The minimum atomic E-state index is -2.06. The van der Waals surface area contributed by atoms with Crippen molar-refractivity contribution in [2.75, 3.05) is 30.8 Å². The quantitative estimate of drug-likeness (QED) is 0.297. The van der Waals surface area contributed by atoms with E-state index in [2.05, 4.69) is 4.72 Å². The molecule has 1 amide bonds. The van der Waals surface area contributed by atoms with Crippen molar-refractivity contribution in [2.24, 2.45) is 5.14 Å². The van der Waals surface area contributed by atoms with Crippen molar-refractivity contribution in [3.05, 3.63) is 41.9 Å². The number of ether oxygens (including phenoxy) is 1. The fourth-order valence-electron chi connectivity index (χ4n) is 3.15. The van der Waals surface area contributed by atoms with Crippen molar-refractivity contribution >= 4 is 51.6 Å². The predicted molar refractivity (Wildman–Crippen MR) is 114 cm³/mol. The van der Waals surface area contributed by atoms with Crippen LogP contribution in [-0.2, 0) is 11.4 Å². The second-order valence-electron chi connectivity index (χ2n) is 6.62. The van der Waals surface area contributed by atoms with Crippen LogP contribution in [0.25, 0.3) is 11.0 Å². The summed E-state index contributed by atoms with van der Waals surface area (Å²) in [5.41, 5.74) is 7.10. The molecule has 2 aromatic carbocycles. The molecule has 5 N–H and O–H groups in total. The molecular weight excluding hydrogens is 431 g/mol. The fraction of sp³-hybridized carbons (Fsp3) is 0.211. The van der Waals surface area contributed by atoms with E-state index in [0.29, 0.717) is 10.6 Å². The third-order valence-electron chi connectivity index (χ3n) is 4.85. The Morgan fingerprint density at radius 3 is 2.77 bits per heavy atom. The number of hydrogen-bond acceptors (Lipinski definition) is 8. The number of carbonyl (C=O) groups is 1. The largest absolute Gasteiger partial charge is 0.588 e. The Kier molecular flexibility index (Phi) is 5.69. The van der Waals surface area contributed by atoms with Gasteiger partial charge in [-0.2, -0.15) is 4.72 Å². The highest BCUT2D eigenvalue weighted by molar-refractivity contribution is 7.97. The van der Waals surface area contributed by atoms with Crippen LogP contribution in [0.3, 0.4) is 0 Å². The lowest BCUT2D eigenvalue weighted by Gasteiger charge is -2.33. The number of halogens is 1. The molecular formula is C19H19FN4O4S2. The van der Waals surface area contributed by atoms with Crippen LogP contribution in [0.5, 0.6) is 5.75 Å². The molecule has 4 rings (SSSR count). The third kappa shape index (κ3) is 3.65. The van der Waals surface area contributed by atoms with Gasteiger partial charge < -0.3 is 24.3 Å². The number of nitrogens with one attached hydrogen (secondary N) is 1. The molecule has 2 heterocycles. The highest BCUT2D eigenvalue weighted by Crippen LogP contribution is 2.36. The monoisotopic (exact) mass is 450 g/mol. The Hall–Kier alpha value is -2.60. The lowest BCUT2D eigenvalue weighted by atomic mass is 10.1. The van der Waals surface area contributed by atoms with Crippen molar-refractivity contribution in [3.8, 4) is 5.75 Å². The molecule has 1 aliphatic rings. The molecule has 158 valence electrons. The van der Waals surface area contributed by atoms with Gasteiger partial charge in [-0.3, -0.25) is 9.93 Å². The van der Waals surface area contributed by atoms with E-state index in [0.717, 1.165) is 31.5 Å². The Morgan fingerprint density at radius 2 is 2.13 bits per heavy atom. The van der Waals surface area contributed by atoms with E-state index in [1.54, 1.807) is 18.2 Å². The Balaban J connectivity index is 1.61. The van der Waals surface area contributed by atoms with Crippen LogP contribution in [0.2, 0.25) is 0 Å². The van der Waals surface area contributed by atoms with E-state index >= 15 is 0 Å². The van der Waals surface area contributed by atoms with Gasteiger partial charge in [-0.25, -0.2) is 4.39 Å². The van der Waals surface area contributed by atoms with Gasteiger partial charge in [0.25, 0.3) is 0 Å². The smallest absolute Gasteiger partial charge is 0.328 e. The number of rotatable bonds is 6. The summed E-state index contributed by atoms with van der Waals surface area (Å²) in [7, 11) is 1.39. The first-order valence-corrected chi connectivity index (χ1v) is 11.0. The van der Waals surface area contributed by atoms with Gasteiger partial charge >= 0.3 is 5.91 Å². The van der Waals surface area contributed by atoms with E-state index in [9.17, 15) is 13.7 Å². The number of fused-ring (bicyclic) bond motifs is 1. The van der Waals surface area contributed by atoms with Crippen molar-refractivity contribution in [2.45, 2.75) is 16.2 Å². The van der Waals surface area contributed by atoms with Gasteiger partial charge in [0.1, 0.15) is 28.4 Å². The van der Waals surface area contributed by atoms with E-state index in [-0.39, 0.29) is 33.1 Å². The molecule has 0 saturated carbocycles. The topological polar surface area (TPSA) is 130 Å². The third-order valence-corrected chi connectivity index (χ3v) is 6.63. The molecule has 1 saturated heterocycles. The van der Waals surface area contributed by atoms with Crippen molar-refractivity contribution in [1.29, 1.82) is 0 Å². The van der Waals surface area contributed by atoms with Crippen LogP contribution < -0.4 is 25.2 Å². The number of furan rings is 1. The molecule has 0 bridgehead atoms. The van der Waals surface area contributed by atoms with Crippen molar-refractivity contribution < 1.29 is 22.9 Å². The Morgan fingerprint density at radius 1 is 1.37 bits per heavy atom. The van der Waals surface area contributed by atoms with Crippen LogP contribution in [-0.4, -0.2) is 30.7 Å². The van der Waals surface area contributed by atoms with Gasteiger partial charge in [-0.05, 0) is 36.6 Å². The molecule has 1 atom stereocenters. The summed E-state index contributed by atoms with van der Waals surface area (Å²) < 4.78 is 40.3. The standard InChI is InChI=1S/C19H19FN4O4S2/c1-27-13-3-4-16(29-22)17(21)18(13)30(26)23-19(25)15-9-11-12(20)7-10(8-14(11)28-15)24-5-2-6-24/h3-4,7-9H,2,5-6,21-22H2,1H3,(H,23,25). The minimum absolute atomic E-state index is 0.0867. The molecule has 0 spiro atoms. The highest BCUT2D eigenvalue weighted by Gasteiger charge is 2.28. The molecule has 8 nitrogen and oxygen atoms in total. The number of nitrogens with zero attached hydrogens (tertiary/aromatic N) is 1. The fourth-order valence-corrected chi connectivity index (χ4v) is 4.61. The lowest BCUT2D eigenvalue weighted by Crippen LogP contribution is -2.36. The summed E-state index contributed by atoms with van der Waals surface area (Å²) >= 11 is -1.18. The van der Waals surface area contributed by atoms with E-state index in [1.165, 1.54) is 19.2 Å². The zero-order chi connectivity index (χ0) is 21.4. The lowest BCUT2D eigenvalue weighted by molar-refractivity contribution is 0.0956. The van der Waals surface area contributed by atoms with Crippen LogP contribution in [0.1, 0.15) is 17.0 Å². The van der Waals surface area contributed by atoms with Gasteiger partial charge in [0.05, 0.1) is 17.4 Å². The maximum Gasteiger partial charge on any atom is 0.328 e. The van der Waals surface area contributed by atoms with E-state index in [4.69, 9.17) is 20.0 Å². The molecule has 30 heavy (non-hydrogen) atoms. The average molecular weight is 451 g/mol. The number of nitrogens with two attached hydrogens (primary N) is 2. The van der Waals surface area contributed by atoms with Crippen LogP contribution in [0.15, 0.2) is 44.5 Å². The summed E-state index contributed by atoms with van der Waals surface area (Å²) in [5.74, 6) is -1.20. The molecule has 1 aliphatic heterocycles. The van der Waals surface area contributed by atoms with Gasteiger partial charge in [-0.1, -0.05) is 0 Å². The average Bonchev–Trinajstić information content (AvgIpc) is 3.11. The maximum absolute atomic E-state index is 14.5. The molecule has 0 radical (unpaired) electrons. The summed E-state index contributed by atoms with van der Waals surface area (Å²) in [4.78, 5) is 15.2. The molecule has 1 unspecified atom stereocenters. The van der Waals surface area contributed by atoms with Gasteiger partial charge in [0, 0.05) is 30.9 Å². The summed E-state index contributed by atoms with van der Waals surface area (Å²) in [5, 5.41) is 5.74. The Labute approximate surface area is 179 Å². The van der Waals surface area contributed by atoms with Crippen molar-refractivity contribution in [3.63, 3.8) is 0 Å². The van der Waals surface area contributed by atoms with Gasteiger partial charge in [0.15, 0.2) is 11.5 Å². The number of hydrogen-bond donors (Lipinski definition) is 3. The van der Waals surface area contributed by atoms with Gasteiger partial charge in [0.2, 0.25) is 4.90 Å². The van der Waals surface area contributed by atoms with Crippen molar-refractivity contribution in [1.82, 2.24) is 4.72 Å². The first-order valence-electron chi connectivity index (χ1n) is 8.97. The minimum Gasteiger partial charge on any atom is -0.588 e. The predicted octanol–water partition coefficient (Wildman–Crippen LogP) is 2.79. The van der Waals surface area contributed by atoms with E-state index in [1.807, 2.05) is 4.90 Å². The second-order valence-corrected chi connectivity index (χ2v) is 8.44. The zero-order valence-electron chi connectivity index (χ0n) is 15.9. The molecule has 0 aliphatic carbocycles. The maximum atomic E-state index is 14.5. The first kappa shape index (κ1) is 20.7. The summed E-state index contributed by atoms with van der Waals surface area (Å²) in [6.45, 7) is 1.70. The number of benzene rings is 2. The number of amides is 1. The number of carbonyl (C=O) groups excluding carboxylic acids is 1. The normalized spacial score (nSPS) is 14.5. The number of methoxy groups -OCH3 is 1. The zero-order valence-corrected chi connectivity index (χ0v) is 17.6. The van der Waals surface area contributed by atoms with Gasteiger partial charge in [-0.15, -0.1) is 0 Å². The molecule has 1 aromatic heterocycles. The van der Waals surface area contributed by atoms with Crippen LogP contribution >= 0.6 is 11.9 Å². The SMILES string of the molecule is COc1ccc(SN)c(N)c1[S+]([O-])NC(=O)c1cc2c(F)cc(N3CCC3)cc2o1. The first-order chi connectivity index (χ1) is 14.4. The Bertz CT molecular complexity index is 1120. The molecule has 11 heteroatoms. The highest BCUT2D eigenvalue weighted by atomic mass is 32.2. The second kappa shape index (κ2) is 8.26. The number of nitrogen functional groups attached to an aromatic ring is 1. The molecule has 1 fully saturated rings. The molecule has 3 aromatic rings. The number of anilines is 2. The summed E-state index contributed by atoms with van der Waals surface area (Å²) in [6.07, 6.45) is 1.05. The van der Waals surface area contributed by atoms with E-state index < -0.39 is 23.1 Å². The summed E-state index contributed by atoms with van der Waals surface area (Å²) in [6, 6.07) is 7.56. The van der Waals surface area contributed by atoms with Crippen LogP contribution in [0, 0.1) is 5.82 Å². The van der Waals surface area contributed by atoms with Crippen LogP contribution in [0.4, 0.5) is 15.8 Å².